The van der Waals surface area contributed by atoms with E-state index in [-0.39, 0.29) is 24.0 Å². The zero-order valence-electron chi connectivity index (χ0n) is 12.5. The molecule has 1 fully saturated rings. The molecular weight excluding hydrogens is 397 g/mol. The van der Waals surface area contributed by atoms with Crippen molar-refractivity contribution in [1.82, 2.24) is 4.90 Å². The Hall–Kier alpha value is -1.22. The molecule has 0 atom stereocenters. The van der Waals surface area contributed by atoms with Crippen molar-refractivity contribution in [3.8, 4) is 11.5 Å². The van der Waals surface area contributed by atoms with Crippen LogP contribution in [0.2, 0.25) is 0 Å². The van der Waals surface area contributed by atoms with Gasteiger partial charge in [-0.25, -0.2) is 4.99 Å². The molecule has 0 radical (unpaired) electrons. The third-order valence-corrected chi connectivity index (χ3v) is 3.57. The molecule has 22 heavy (non-hydrogen) atoms. The summed E-state index contributed by atoms with van der Waals surface area (Å²) in [6.45, 7) is 4.96. The van der Waals surface area contributed by atoms with Crippen molar-refractivity contribution in [3.05, 3.63) is 23.8 Å². The van der Waals surface area contributed by atoms with Crippen LogP contribution in [-0.4, -0.2) is 50.4 Å². The molecule has 7 heteroatoms. The van der Waals surface area contributed by atoms with Crippen LogP contribution in [0.25, 0.3) is 0 Å². The summed E-state index contributed by atoms with van der Waals surface area (Å²) < 4.78 is 16.6. The lowest BCUT2D eigenvalue weighted by atomic mass is 10.2. The monoisotopic (exact) mass is 419 g/mol. The molecule has 0 unspecified atom stereocenters. The van der Waals surface area contributed by atoms with Gasteiger partial charge in [-0.1, -0.05) is 6.07 Å². The van der Waals surface area contributed by atoms with E-state index in [9.17, 15) is 0 Å². The SMILES string of the molecule is I.NC(=NCc1ccc2c(c1)OCCCO2)N1CCOCC1. The van der Waals surface area contributed by atoms with Gasteiger partial charge in [0.1, 0.15) is 0 Å². The molecule has 0 amide bonds. The molecule has 2 N–H and O–H groups in total. The number of aliphatic imine (C=N–C) groups is 1. The highest BCUT2D eigenvalue weighted by Gasteiger charge is 2.13. The highest BCUT2D eigenvalue weighted by atomic mass is 127. The van der Waals surface area contributed by atoms with Gasteiger partial charge in [0.15, 0.2) is 17.5 Å². The fraction of sp³-hybridized carbons (Fsp3) is 0.533. The number of rotatable bonds is 2. The Morgan fingerprint density at radius 3 is 2.59 bits per heavy atom. The molecule has 1 aromatic rings. The lowest BCUT2D eigenvalue weighted by Gasteiger charge is -2.27. The molecule has 0 spiro atoms. The van der Waals surface area contributed by atoms with Crippen LogP contribution in [-0.2, 0) is 11.3 Å². The Morgan fingerprint density at radius 1 is 1.09 bits per heavy atom. The predicted molar refractivity (Wildman–Crippen MR) is 95.2 cm³/mol. The number of ether oxygens (including phenoxy) is 3. The second-order valence-electron chi connectivity index (χ2n) is 5.11. The molecule has 0 saturated carbocycles. The van der Waals surface area contributed by atoms with Crippen molar-refractivity contribution in [2.24, 2.45) is 10.7 Å². The standard InChI is InChI=1S/C15H21N3O3.HI/c16-15(18-4-8-19-9-5-18)17-11-12-2-3-13-14(10-12)21-7-1-6-20-13;/h2-3,10H,1,4-9,11H2,(H2,16,17);1H. The van der Waals surface area contributed by atoms with Gasteiger partial charge in [-0.15, -0.1) is 24.0 Å². The second kappa shape index (κ2) is 8.42. The van der Waals surface area contributed by atoms with E-state index in [1.54, 1.807) is 0 Å². The van der Waals surface area contributed by atoms with Crippen molar-refractivity contribution in [3.63, 3.8) is 0 Å². The van der Waals surface area contributed by atoms with E-state index < -0.39 is 0 Å². The van der Waals surface area contributed by atoms with Crippen molar-refractivity contribution in [1.29, 1.82) is 0 Å². The quantitative estimate of drug-likeness (QED) is 0.448. The van der Waals surface area contributed by atoms with Gasteiger partial charge >= 0.3 is 0 Å². The lowest BCUT2D eigenvalue weighted by Crippen LogP contribution is -2.44. The minimum Gasteiger partial charge on any atom is -0.490 e. The van der Waals surface area contributed by atoms with Gasteiger partial charge in [-0.3, -0.25) is 0 Å². The summed E-state index contributed by atoms with van der Waals surface area (Å²) in [5, 5.41) is 0. The van der Waals surface area contributed by atoms with Gasteiger partial charge in [-0.2, -0.15) is 0 Å². The zero-order chi connectivity index (χ0) is 14.5. The Kier molecular flexibility index (Phi) is 6.56. The molecule has 0 aromatic heterocycles. The van der Waals surface area contributed by atoms with Gasteiger partial charge < -0.3 is 24.8 Å². The molecule has 2 aliphatic heterocycles. The molecule has 0 aliphatic carbocycles. The van der Waals surface area contributed by atoms with E-state index in [1.807, 2.05) is 23.1 Å². The summed E-state index contributed by atoms with van der Waals surface area (Å²) >= 11 is 0. The third-order valence-electron chi connectivity index (χ3n) is 3.57. The normalized spacial score (nSPS) is 18.4. The van der Waals surface area contributed by atoms with Crippen LogP contribution in [0.1, 0.15) is 12.0 Å². The Morgan fingerprint density at radius 2 is 1.82 bits per heavy atom. The highest BCUT2D eigenvalue weighted by molar-refractivity contribution is 14.0. The van der Waals surface area contributed by atoms with E-state index in [1.165, 1.54) is 0 Å². The molecule has 2 aliphatic rings. The topological polar surface area (TPSA) is 69.3 Å². The van der Waals surface area contributed by atoms with Crippen LogP contribution in [0.4, 0.5) is 0 Å². The second-order valence-corrected chi connectivity index (χ2v) is 5.11. The first-order valence-corrected chi connectivity index (χ1v) is 7.34. The van der Waals surface area contributed by atoms with Gasteiger partial charge in [0.05, 0.1) is 33.0 Å². The average Bonchev–Trinajstić information content (AvgIpc) is 2.78. The van der Waals surface area contributed by atoms with Gasteiger partial charge in [-0.05, 0) is 17.7 Å². The van der Waals surface area contributed by atoms with Crippen LogP contribution < -0.4 is 15.2 Å². The highest BCUT2D eigenvalue weighted by Crippen LogP contribution is 2.30. The number of guanidine groups is 1. The molecule has 2 heterocycles. The molecule has 0 bridgehead atoms. The van der Waals surface area contributed by atoms with E-state index in [4.69, 9.17) is 19.9 Å². The van der Waals surface area contributed by atoms with E-state index in [0.717, 1.165) is 36.6 Å². The molecule has 3 rings (SSSR count). The number of benzene rings is 1. The Balaban J connectivity index is 0.00000176. The van der Waals surface area contributed by atoms with E-state index in [2.05, 4.69) is 4.99 Å². The van der Waals surface area contributed by atoms with Crippen LogP contribution in [0, 0.1) is 0 Å². The predicted octanol–water partition coefficient (Wildman–Crippen LogP) is 1.61. The third kappa shape index (κ3) is 4.39. The van der Waals surface area contributed by atoms with Gasteiger partial charge in [0.25, 0.3) is 0 Å². The maximum absolute atomic E-state index is 6.02. The van der Waals surface area contributed by atoms with E-state index >= 15 is 0 Å². The largest absolute Gasteiger partial charge is 0.490 e. The number of hydrogen-bond acceptors (Lipinski definition) is 4. The smallest absolute Gasteiger partial charge is 0.191 e. The number of fused-ring (bicyclic) bond motifs is 1. The summed E-state index contributed by atoms with van der Waals surface area (Å²) in [5.74, 6) is 2.18. The van der Waals surface area contributed by atoms with Crippen LogP contribution in [0.15, 0.2) is 23.2 Å². The number of hydrogen-bond donors (Lipinski definition) is 1. The number of morpholine rings is 1. The van der Waals surface area contributed by atoms with Crippen LogP contribution in [0.5, 0.6) is 11.5 Å². The molecule has 1 aromatic carbocycles. The maximum atomic E-state index is 6.02. The minimum absolute atomic E-state index is 0. The minimum atomic E-state index is 0. The van der Waals surface area contributed by atoms with Crippen LogP contribution in [0.3, 0.4) is 0 Å². The van der Waals surface area contributed by atoms with Gasteiger partial charge in [0.2, 0.25) is 0 Å². The molecular formula is C15H22IN3O3. The Labute approximate surface area is 147 Å². The zero-order valence-corrected chi connectivity index (χ0v) is 14.8. The van der Waals surface area contributed by atoms with Crippen molar-refractivity contribution < 1.29 is 14.2 Å². The fourth-order valence-electron chi connectivity index (χ4n) is 2.37. The number of halogens is 1. The van der Waals surface area contributed by atoms with Crippen LogP contribution >= 0.6 is 24.0 Å². The van der Waals surface area contributed by atoms with Crippen molar-refractivity contribution >= 4 is 29.9 Å². The number of nitrogens with two attached hydrogens (primary N) is 1. The fourth-order valence-corrected chi connectivity index (χ4v) is 2.37. The van der Waals surface area contributed by atoms with Crippen molar-refractivity contribution in [2.75, 3.05) is 39.5 Å². The van der Waals surface area contributed by atoms with E-state index in [0.29, 0.717) is 38.9 Å². The summed E-state index contributed by atoms with van der Waals surface area (Å²) in [7, 11) is 0. The summed E-state index contributed by atoms with van der Waals surface area (Å²) in [4.78, 5) is 6.51. The maximum Gasteiger partial charge on any atom is 0.191 e. The first kappa shape index (κ1) is 17.1. The van der Waals surface area contributed by atoms with Gasteiger partial charge in [0, 0.05) is 19.5 Å². The summed E-state index contributed by atoms with van der Waals surface area (Å²) in [6.07, 6.45) is 0.909. The summed E-state index contributed by atoms with van der Waals surface area (Å²) in [6, 6.07) is 5.93. The lowest BCUT2D eigenvalue weighted by molar-refractivity contribution is 0.0674. The Bertz CT molecular complexity index is 519. The first-order chi connectivity index (χ1) is 10.3. The number of nitrogens with zero attached hydrogens (tertiary/aromatic N) is 2. The summed E-state index contributed by atoms with van der Waals surface area (Å²) in [5.41, 5.74) is 7.09. The molecule has 6 nitrogen and oxygen atoms in total. The molecule has 1 saturated heterocycles. The average molecular weight is 419 g/mol. The van der Waals surface area contributed by atoms with Crippen molar-refractivity contribution in [2.45, 2.75) is 13.0 Å². The first-order valence-electron chi connectivity index (χ1n) is 7.34. The molecule has 122 valence electrons.